The van der Waals surface area contributed by atoms with Crippen molar-refractivity contribution in [2.45, 2.75) is 45.1 Å². The molecule has 4 heteroatoms. The van der Waals surface area contributed by atoms with E-state index in [1.165, 1.54) is 19.3 Å². The molecule has 1 saturated carbocycles. The third-order valence-corrected chi connectivity index (χ3v) is 3.83. The monoisotopic (exact) mass is 243 g/mol. The Labute approximate surface area is 104 Å². The summed E-state index contributed by atoms with van der Waals surface area (Å²) in [5.74, 6) is 0.110. The van der Waals surface area contributed by atoms with Crippen molar-refractivity contribution in [3.05, 3.63) is 0 Å². The molecule has 100 valence electrons. The van der Waals surface area contributed by atoms with Crippen LogP contribution in [0, 0.1) is 5.92 Å². The van der Waals surface area contributed by atoms with E-state index >= 15 is 0 Å². The summed E-state index contributed by atoms with van der Waals surface area (Å²) < 4.78 is 5.05. The van der Waals surface area contributed by atoms with Gasteiger partial charge in [-0.25, -0.2) is 0 Å². The van der Waals surface area contributed by atoms with Gasteiger partial charge in [-0.15, -0.1) is 0 Å². The van der Waals surface area contributed by atoms with E-state index in [2.05, 4.69) is 11.8 Å². The summed E-state index contributed by atoms with van der Waals surface area (Å²) in [7, 11) is 1.66. The lowest BCUT2D eigenvalue weighted by Crippen LogP contribution is -2.42. The fourth-order valence-corrected chi connectivity index (χ4v) is 2.69. The van der Waals surface area contributed by atoms with Gasteiger partial charge in [0.25, 0.3) is 0 Å². The average Bonchev–Trinajstić information content (AvgIpc) is 2.34. The van der Waals surface area contributed by atoms with Crippen molar-refractivity contribution in [1.82, 2.24) is 4.90 Å². The van der Waals surface area contributed by atoms with Crippen molar-refractivity contribution < 1.29 is 14.6 Å². The maximum Gasteiger partial charge on any atom is 0.317 e. The predicted octanol–water partition coefficient (Wildman–Crippen LogP) is 1.99. The summed E-state index contributed by atoms with van der Waals surface area (Å²) >= 11 is 0. The van der Waals surface area contributed by atoms with Gasteiger partial charge in [-0.3, -0.25) is 9.69 Å². The van der Waals surface area contributed by atoms with Gasteiger partial charge in [-0.2, -0.15) is 0 Å². The van der Waals surface area contributed by atoms with Crippen LogP contribution >= 0.6 is 0 Å². The molecule has 0 aromatic rings. The number of carbonyl (C=O) groups is 1. The van der Waals surface area contributed by atoms with Crippen LogP contribution in [0.15, 0.2) is 0 Å². The fraction of sp³-hybridized carbons (Fsp3) is 0.923. The zero-order chi connectivity index (χ0) is 12.7. The predicted molar refractivity (Wildman–Crippen MR) is 67.1 cm³/mol. The molecule has 0 radical (unpaired) electrons. The van der Waals surface area contributed by atoms with E-state index in [1.807, 2.05) is 0 Å². The van der Waals surface area contributed by atoms with E-state index in [9.17, 15) is 4.79 Å². The van der Waals surface area contributed by atoms with Crippen LogP contribution in [0.25, 0.3) is 0 Å². The van der Waals surface area contributed by atoms with Gasteiger partial charge < -0.3 is 9.84 Å². The van der Waals surface area contributed by atoms with Crippen LogP contribution < -0.4 is 0 Å². The molecule has 1 aliphatic rings. The van der Waals surface area contributed by atoms with E-state index in [1.54, 1.807) is 7.11 Å². The molecule has 17 heavy (non-hydrogen) atoms. The van der Waals surface area contributed by atoms with E-state index in [0.29, 0.717) is 12.6 Å². The number of aliphatic carboxylic acids is 1. The number of ether oxygens (including phenoxy) is 1. The first kappa shape index (κ1) is 14.5. The zero-order valence-electron chi connectivity index (χ0n) is 11.0. The molecule has 1 aliphatic carbocycles. The largest absolute Gasteiger partial charge is 0.480 e. The topological polar surface area (TPSA) is 49.8 Å². The maximum atomic E-state index is 10.9. The quantitative estimate of drug-likeness (QED) is 0.743. The lowest BCUT2D eigenvalue weighted by molar-refractivity contribution is -0.139. The van der Waals surface area contributed by atoms with Gasteiger partial charge in [-0.05, 0) is 31.6 Å². The number of carboxylic acids is 1. The molecule has 0 atom stereocenters. The second-order valence-corrected chi connectivity index (χ2v) is 4.94. The summed E-state index contributed by atoms with van der Waals surface area (Å²) in [5.41, 5.74) is 0. The number of hydrogen-bond donors (Lipinski definition) is 1. The van der Waals surface area contributed by atoms with Gasteiger partial charge in [0.2, 0.25) is 0 Å². The zero-order valence-corrected chi connectivity index (χ0v) is 11.0. The Morgan fingerprint density at radius 1 is 1.35 bits per heavy atom. The molecule has 0 unspecified atom stereocenters. The van der Waals surface area contributed by atoms with Gasteiger partial charge in [0, 0.05) is 19.7 Å². The first-order valence-electron chi connectivity index (χ1n) is 6.62. The molecule has 0 aromatic heterocycles. The lowest BCUT2D eigenvalue weighted by Gasteiger charge is -2.35. The highest BCUT2D eigenvalue weighted by Crippen LogP contribution is 2.29. The molecule has 1 rings (SSSR count). The third kappa shape index (κ3) is 5.04. The van der Waals surface area contributed by atoms with Gasteiger partial charge >= 0.3 is 5.97 Å². The summed E-state index contributed by atoms with van der Waals surface area (Å²) in [6.45, 7) is 3.72. The SMILES string of the molecule is CCC1CCC(N(CCOC)CC(=O)O)CC1. The van der Waals surface area contributed by atoms with Crippen LogP contribution in [0.4, 0.5) is 0 Å². The van der Waals surface area contributed by atoms with Crippen molar-refractivity contribution in [3.8, 4) is 0 Å². The Bertz CT molecular complexity index is 225. The molecule has 0 bridgehead atoms. The highest BCUT2D eigenvalue weighted by Gasteiger charge is 2.25. The minimum Gasteiger partial charge on any atom is -0.480 e. The van der Waals surface area contributed by atoms with Gasteiger partial charge in [0.15, 0.2) is 0 Å². The Morgan fingerprint density at radius 2 is 2.00 bits per heavy atom. The summed E-state index contributed by atoms with van der Waals surface area (Å²) in [5, 5.41) is 8.93. The molecule has 0 amide bonds. The van der Waals surface area contributed by atoms with E-state index in [0.717, 1.165) is 25.3 Å². The molecule has 0 saturated heterocycles. The average molecular weight is 243 g/mol. The van der Waals surface area contributed by atoms with Crippen LogP contribution in [-0.4, -0.2) is 48.8 Å². The maximum absolute atomic E-state index is 10.9. The van der Waals surface area contributed by atoms with Crippen LogP contribution in [-0.2, 0) is 9.53 Å². The number of nitrogens with zero attached hydrogens (tertiary/aromatic N) is 1. The molecule has 0 aromatic carbocycles. The van der Waals surface area contributed by atoms with Crippen LogP contribution in [0.5, 0.6) is 0 Å². The third-order valence-electron chi connectivity index (χ3n) is 3.83. The van der Waals surface area contributed by atoms with Gasteiger partial charge in [-0.1, -0.05) is 13.3 Å². The second kappa shape index (κ2) is 7.67. The molecule has 4 nitrogen and oxygen atoms in total. The van der Waals surface area contributed by atoms with Crippen molar-refractivity contribution in [3.63, 3.8) is 0 Å². The molecular weight excluding hydrogens is 218 g/mol. The summed E-state index contributed by atoms with van der Waals surface area (Å²) in [4.78, 5) is 12.9. The minimum atomic E-state index is -0.737. The van der Waals surface area contributed by atoms with E-state index in [4.69, 9.17) is 9.84 Å². The first-order chi connectivity index (χ1) is 8.17. The van der Waals surface area contributed by atoms with Crippen LogP contribution in [0.2, 0.25) is 0 Å². The van der Waals surface area contributed by atoms with Crippen molar-refractivity contribution >= 4 is 5.97 Å². The standard InChI is InChI=1S/C13H25NO3/c1-3-11-4-6-12(7-5-11)14(8-9-17-2)10-13(15)16/h11-12H,3-10H2,1-2H3,(H,15,16). The van der Waals surface area contributed by atoms with Crippen molar-refractivity contribution in [2.75, 3.05) is 26.8 Å². The number of hydrogen-bond acceptors (Lipinski definition) is 3. The van der Waals surface area contributed by atoms with Crippen molar-refractivity contribution in [2.24, 2.45) is 5.92 Å². The normalized spacial score (nSPS) is 25.1. The van der Waals surface area contributed by atoms with E-state index in [-0.39, 0.29) is 6.54 Å². The molecule has 0 aliphatic heterocycles. The summed E-state index contributed by atoms with van der Waals surface area (Å²) in [6, 6.07) is 0.434. The van der Waals surface area contributed by atoms with E-state index < -0.39 is 5.97 Å². The lowest BCUT2D eigenvalue weighted by atomic mass is 9.84. The van der Waals surface area contributed by atoms with Crippen LogP contribution in [0.3, 0.4) is 0 Å². The fourth-order valence-electron chi connectivity index (χ4n) is 2.69. The molecule has 1 N–H and O–H groups in total. The van der Waals surface area contributed by atoms with Gasteiger partial charge in [0.1, 0.15) is 0 Å². The Hall–Kier alpha value is -0.610. The minimum absolute atomic E-state index is 0.144. The first-order valence-corrected chi connectivity index (χ1v) is 6.62. The number of rotatable bonds is 7. The van der Waals surface area contributed by atoms with Crippen LogP contribution in [0.1, 0.15) is 39.0 Å². The number of carboxylic acid groups (broad SMARTS) is 1. The van der Waals surface area contributed by atoms with Crippen molar-refractivity contribution in [1.29, 1.82) is 0 Å². The summed E-state index contributed by atoms with van der Waals surface area (Å²) in [6.07, 6.45) is 6.00. The highest BCUT2D eigenvalue weighted by atomic mass is 16.5. The molecule has 1 fully saturated rings. The molecule has 0 heterocycles. The van der Waals surface area contributed by atoms with Gasteiger partial charge in [0.05, 0.1) is 13.2 Å². The Morgan fingerprint density at radius 3 is 2.47 bits per heavy atom. The number of methoxy groups -OCH3 is 1. The molecular formula is C13H25NO3. The Balaban J connectivity index is 2.43. The second-order valence-electron chi connectivity index (χ2n) is 4.94. The smallest absolute Gasteiger partial charge is 0.317 e. The molecule has 0 spiro atoms. The highest BCUT2D eigenvalue weighted by molar-refractivity contribution is 5.69. The Kier molecular flexibility index (Phi) is 6.52.